The van der Waals surface area contributed by atoms with Crippen molar-refractivity contribution in [2.24, 2.45) is 0 Å². The maximum Gasteiger partial charge on any atom is 0.220 e. The highest BCUT2D eigenvalue weighted by Gasteiger charge is 2.26. The normalized spacial score (nSPS) is 11.7. The summed E-state index contributed by atoms with van der Waals surface area (Å²) >= 11 is 7.74. The average molecular weight is 559 g/mol. The monoisotopic (exact) mass is 558 g/mol. The minimum absolute atomic E-state index is 0.0600. The van der Waals surface area contributed by atoms with Gasteiger partial charge in [-0.1, -0.05) is 35.5 Å². The topological polar surface area (TPSA) is 102 Å². The van der Waals surface area contributed by atoms with Crippen LogP contribution in [-0.2, 0) is 6.61 Å². The summed E-state index contributed by atoms with van der Waals surface area (Å²) in [6.07, 6.45) is 0. The summed E-state index contributed by atoms with van der Waals surface area (Å²) < 4.78 is 31.9. The Morgan fingerprint density at radius 3 is 2.53 bits per heavy atom. The van der Waals surface area contributed by atoms with Crippen LogP contribution in [0.1, 0.15) is 22.2 Å². The van der Waals surface area contributed by atoms with Crippen LogP contribution in [0.3, 0.4) is 0 Å². The molecular weight excluding hydrogens is 535 g/mol. The van der Waals surface area contributed by atoms with Crippen LogP contribution >= 0.6 is 23.4 Å². The van der Waals surface area contributed by atoms with Gasteiger partial charge in [-0.15, -0.1) is 10.2 Å². The number of nitrogens with zero attached hydrogens (tertiary/aromatic N) is 4. The summed E-state index contributed by atoms with van der Waals surface area (Å²) in [6.45, 7) is 1.46. The van der Waals surface area contributed by atoms with E-state index in [0.29, 0.717) is 33.6 Å². The predicted molar refractivity (Wildman–Crippen MR) is 142 cm³/mol. The van der Waals surface area contributed by atoms with Gasteiger partial charge in [0, 0.05) is 10.6 Å². The molecule has 0 amide bonds. The molecule has 0 aliphatic heterocycles. The lowest BCUT2D eigenvalue weighted by molar-refractivity contribution is -0.479. The van der Waals surface area contributed by atoms with Gasteiger partial charge in [0.25, 0.3) is 0 Å². The second-order valence-electron chi connectivity index (χ2n) is 8.14. The number of hydrogen-bond donors (Lipinski definition) is 0. The van der Waals surface area contributed by atoms with Gasteiger partial charge in [0.2, 0.25) is 6.54 Å². The van der Waals surface area contributed by atoms with E-state index >= 15 is 0 Å². The highest BCUT2D eigenvalue weighted by atomic mass is 35.5. The fraction of sp³-hybridized carbons (Fsp3) is 0.231. The van der Waals surface area contributed by atoms with Gasteiger partial charge in [-0.25, -0.2) is 4.39 Å². The molecule has 0 bridgehead atoms. The van der Waals surface area contributed by atoms with Crippen molar-refractivity contribution < 1.29 is 23.5 Å². The first-order chi connectivity index (χ1) is 18.3. The van der Waals surface area contributed by atoms with Gasteiger partial charge in [-0.3, -0.25) is 14.7 Å². The van der Waals surface area contributed by atoms with Crippen molar-refractivity contribution in [2.45, 2.75) is 23.9 Å². The molecule has 9 nitrogen and oxygen atoms in total. The van der Waals surface area contributed by atoms with Crippen LogP contribution in [0.2, 0.25) is 5.02 Å². The van der Waals surface area contributed by atoms with Crippen LogP contribution in [0.15, 0.2) is 65.8 Å². The summed E-state index contributed by atoms with van der Waals surface area (Å²) in [5.41, 5.74) is 1.95. The second-order valence-corrected chi connectivity index (χ2v) is 9.71. The number of ether oxygens (including phenoxy) is 3. The van der Waals surface area contributed by atoms with Gasteiger partial charge >= 0.3 is 0 Å². The third kappa shape index (κ3) is 6.35. The minimum atomic E-state index is -0.672. The molecule has 0 aliphatic rings. The molecule has 1 atom stereocenters. The predicted octanol–water partition coefficient (Wildman–Crippen LogP) is 6.07. The Balaban J connectivity index is 1.64. The molecule has 3 aromatic carbocycles. The Labute approximate surface area is 227 Å². The number of methoxy groups -OCH3 is 2. The molecule has 0 fully saturated rings. The average Bonchev–Trinajstić information content (AvgIpc) is 3.26. The van der Waals surface area contributed by atoms with E-state index in [4.69, 9.17) is 25.8 Å². The lowest BCUT2D eigenvalue weighted by atomic mass is 10.1. The number of nitro groups is 1. The molecule has 0 unspecified atom stereocenters. The second kappa shape index (κ2) is 12.1. The van der Waals surface area contributed by atoms with Gasteiger partial charge < -0.3 is 14.2 Å². The van der Waals surface area contributed by atoms with Crippen LogP contribution in [0.5, 0.6) is 17.2 Å². The first-order valence-electron chi connectivity index (χ1n) is 11.4. The third-order valence-electron chi connectivity index (χ3n) is 5.58. The first-order valence-corrected chi connectivity index (χ1v) is 12.6. The van der Waals surface area contributed by atoms with Gasteiger partial charge in [0.1, 0.15) is 29.2 Å². The van der Waals surface area contributed by atoms with Crippen molar-refractivity contribution in [1.82, 2.24) is 14.8 Å². The zero-order chi connectivity index (χ0) is 27.2. The van der Waals surface area contributed by atoms with Crippen molar-refractivity contribution in [2.75, 3.05) is 20.8 Å². The van der Waals surface area contributed by atoms with E-state index in [1.54, 1.807) is 38.3 Å². The largest absolute Gasteiger partial charge is 0.497 e. The zero-order valence-corrected chi connectivity index (χ0v) is 22.3. The van der Waals surface area contributed by atoms with Gasteiger partial charge in [0.15, 0.2) is 16.7 Å². The van der Waals surface area contributed by atoms with E-state index in [0.717, 1.165) is 5.69 Å². The summed E-state index contributed by atoms with van der Waals surface area (Å²) in [5, 5.41) is 20.1. The third-order valence-corrected chi connectivity index (χ3v) is 7.05. The molecule has 0 saturated heterocycles. The number of benzene rings is 3. The van der Waals surface area contributed by atoms with E-state index in [9.17, 15) is 14.5 Å². The molecule has 198 valence electrons. The standard InChI is InChI=1S/C26H24ClFN4O5S/c1-16-29-30-26(32(16)20-7-9-21(35-2)10-8-20)38-24(14-31(33)34)18-12-22(27)25(23(13-18)36-3)37-15-17-5-4-6-19(28)11-17/h4-13,24H,14-15H2,1-3H3/t24-/m1/s1. The summed E-state index contributed by atoms with van der Waals surface area (Å²) in [7, 11) is 3.03. The Hall–Kier alpha value is -3.83. The molecule has 0 saturated carbocycles. The van der Waals surface area contributed by atoms with E-state index in [2.05, 4.69) is 10.2 Å². The van der Waals surface area contributed by atoms with Crippen LogP contribution in [0.25, 0.3) is 5.69 Å². The number of hydrogen-bond acceptors (Lipinski definition) is 8. The van der Waals surface area contributed by atoms with Crippen molar-refractivity contribution in [3.8, 4) is 22.9 Å². The van der Waals surface area contributed by atoms with Crippen molar-refractivity contribution in [3.63, 3.8) is 0 Å². The number of halogens is 2. The maximum atomic E-state index is 13.5. The SMILES string of the molecule is COc1ccc(-n2c(C)nnc2S[C@H](C[N+](=O)[O-])c2cc(Cl)c(OCc3cccc(F)c3)c(OC)c2)cc1. The summed E-state index contributed by atoms with van der Waals surface area (Å²) in [5.74, 6) is 1.49. The maximum absolute atomic E-state index is 13.5. The summed E-state index contributed by atoms with van der Waals surface area (Å²) in [4.78, 5) is 11.2. The van der Waals surface area contributed by atoms with Gasteiger partial charge in [0.05, 0.1) is 19.2 Å². The molecule has 1 aromatic heterocycles. The number of rotatable bonds is 11. The number of aryl methyl sites for hydroxylation is 1. The van der Waals surface area contributed by atoms with Crippen molar-refractivity contribution in [1.29, 1.82) is 0 Å². The lowest BCUT2D eigenvalue weighted by Gasteiger charge is -2.18. The van der Waals surface area contributed by atoms with Gasteiger partial charge in [-0.05, 0) is 66.6 Å². The van der Waals surface area contributed by atoms with Crippen LogP contribution in [0, 0.1) is 22.9 Å². The van der Waals surface area contributed by atoms with Crippen LogP contribution in [0.4, 0.5) is 4.39 Å². The number of aromatic nitrogens is 3. The smallest absolute Gasteiger partial charge is 0.220 e. The highest BCUT2D eigenvalue weighted by Crippen LogP contribution is 2.43. The Bertz CT molecular complexity index is 1430. The van der Waals surface area contributed by atoms with Crippen LogP contribution in [-0.4, -0.2) is 40.5 Å². The molecule has 12 heteroatoms. The fourth-order valence-corrected chi connectivity index (χ4v) is 5.20. The molecule has 0 aliphatic carbocycles. The molecule has 0 spiro atoms. The molecule has 4 aromatic rings. The summed E-state index contributed by atoms with van der Waals surface area (Å²) in [6, 6.07) is 16.6. The molecular formula is C26H24ClFN4O5S. The quantitative estimate of drug-likeness (QED) is 0.124. The minimum Gasteiger partial charge on any atom is -0.497 e. The first kappa shape index (κ1) is 27.2. The Morgan fingerprint density at radius 1 is 1.11 bits per heavy atom. The lowest BCUT2D eigenvalue weighted by Crippen LogP contribution is -2.12. The fourth-order valence-electron chi connectivity index (χ4n) is 3.77. The molecule has 4 rings (SSSR count). The Kier molecular flexibility index (Phi) is 8.70. The van der Waals surface area contributed by atoms with Crippen molar-refractivity contribution >= 4 is 23.4 Å². The van der Waals surface area contributed by atoms with E-state index in [1.165, 1.54) is 31.0 Å². The van der Waals surface area contributed by atoms with E-state index in [1.807, 2.05) is 28.8 Å². The van der Waals surface area contributed by atoms with Gasteiger partial charge in [-0.2, -0.15) is 0 Å². The molecule has 38 heavy (non-hydrogen) atoms. The highest BCUT2D eigenvalue weighted by molar-refractivity contribution is 7.99. The molecule has 0 radical (unpaired) electrons. The molecule has 1 heterocycles. The van der Waals surface area contributed by atoms with Crippen molar-refractivity contribution in [3.05, 3.63) is 98.6 Å². The van der Waals surface area contributed by atoms with E-state index < -0.39 is 16.7 Å². The molecule has 0 N–H and O–H groups in total. The number of thioether (sulfide) groups is 1. The zero-order valence-electron chi connectivity index (χ0n) is 20.8. The van der Waals surface area contributed by atoms with E-state index in [-0.39, 0.29) is 23.2 Å². The Morgan fingerprint density at radius 2 is 1.87 bits per heavy atom. The van der Waals surface area contributed by atoms with Crippen LogP contribution < -0.4 is 14.2 Å².